The van der Waals surface area contributed by atoms with Crippen LogP contribution in [0.25, 0.3) is 5.95 Å². The van der Waals surface area contributed by atoms with Crippen molar-refractivity contribution in [2.45, 2.75) is 0 Å². The van der Waals surface area contributed by atoms with Crippen LogP contribution in [0, 0.1) is 0 Å². The predicted octanol–water partition coefficient (Wildman–Crippen LogP) is 2.58. The van der Waals surface area contributed by atoms with Gasteiger partial charge in [0.2, 0.25) is 5.95 Å². The van der Waals surface area contributed by atoms with E-state index in [0.29, 0.717) is 28.0 Å². The number of halogens is 1. The van der Waals surface area contributed by atoms with Gasteiger partial charge in [0.05, 0.1) is 30.8 Å². The Kier molecular flexibility index (Phi) is 4.20. The minimum atomic E-state index is -0.327. The number of carbonyl (C=O) groups excluding carboxylic acids is 1. The summed E-state index contributed by atoms with van der Waals surface area (Å²) in [6.45, 7) is 0. The topological polar surface area (TPSA) is 81.9 Å². The minimum Gasteiger partial charge on any atom is -0.496 e. The lowest BCUT2D eigenvalue weighted by Crippen LogP contribution is -2.12. The van der Waals surface area contributed by atoms with E-state index in [-0.39, 0.29) is 5.91 Å². The van der Waals surface area contributed by atoms with Gasteiger partial charge in [0.1, 0.15) is 5.75 Å². The maximum absolute atomic E-state index is 12.3. The number of benzene rings is 1. The lowest BCUT2D eigenvalue weighted by molar-refractivity contribution is 0.102. The molecule has 23 heavy (non-hydrogen) atoms. The Hall–Kier alpha value is -2.93. The number of hydrogen-bond donors (Lipinski definition) is 1. The van der Waals surface area contributed by atoms with Gasteiger partial charge in [-0.3, -0.25) is 4.79 Å². The number of methoxy groups -OCH3 is 1. The average Bonchev–Trinajstić information content (AvgIpc) is 3.04. The molecule has 116 valence electrons. The number of nitrogens with one attached hydrogen (secondary N) is 1. The Bertz CT molecular complexity index is 835. The first-order valence-corrected chi connectivity index (χ1v) is 7.02. The van der Waals surface area contributed by atoms with E-state index in [2.05, 4.69) is 20.4 Å². The Labute approximate surface area is 136 Å². The van der Waals surface area contributed by atoms with Crippen LogP contribution in [0.15, 0.2) is 49.1 Å². The number of amides is 1. The molecule has 0 saturated heterocycles. The van der Waals surface area contributed by atoms with Crippen LogP contribution in [0.5, 0.6) is 5.75 Å². The molecule has 0 aliphatic heterocycles. The summed E-state index contributed by atoms with van der Waals surface area (Å²) in [6, 6.07) is 6.52. The zero-order valence-electron chi connectivity index (χ0n) is 12.1. The lowest BCUT2D eigenvalue weighted by Gasteiger charge is -2.08. The molecule has 8 heteroatoms. The summed E-state index contributed by atoms with van der Waals surface area (Å²) in [4.78, 5) is 20.5. The van der Waals surface area contributed by atoms with Crippen LogP contribution in [0.2, 0.25) is 5.02 Å². The van der Waals surface area contributed by atoms with Gasteiger partial charge in [0.15, 0.2) is 0 Å². The fraction of sp³-hybridized carbons (Fsp3) is 0.0667. The van der Waals surface area contributed by atoms with Crippen molar-refractivity contribution in [3.8, 4) is 11.7 Å². The smallest absolute Gasteiger partial charge is 0.259 e. The summed E-state index contributed by atoms with van der Waals surface area (Å²) in [6.07, 6.45) is 6.36. The molecule has 2 aromatic heterocycles. The lowest BCUT2D eigenvalue weighted by atomic mass is 10.2. The second-order valence-corrected chi connectivity index (χ2v) is 4.96. The van der Waals surface area contributed by atoms with Gasteiger partial charge in [-0.2, -0.15) is 5.10 Å². The SMILES string of the molecule is COc1cc(Cl)ccc1C(=O)Nc1cnn(-c2ncccn2)c1. The molecule has 1 amide bonds. The van der Waals surface area contributed by atoms with Crippen molar-refractivity contribution in [1.29, 1.82) is 0 Å². The molecule has 3 rings (SSSR count). The zero-order valence-corrected chi connectivity index (χ0v) is 12.9. The monoisotopic (exact) mass is 329 g/mol. The normalized spacial score (nSPS) is 10.3. The van der Waals surface area contributed by atoms with Crippen molar-refractivity contribution >= 4 is 23.2 Å². The van der Waals surface area contributed by atoms with Gasteiger partial charge < -0.3 is 10.1 Å². The fourth-order valence-electron chi connectivity index (χ4n) is 1.96. The second kappa shape index (κ2) is 6.45. The molecule has 3 aromatic rings. The molecule has 0 saturated carbocycles. The first-order chi connectivity index (χ1) is 11.2. The first kappa shape index (κ1) is 15.0. The minimum absolute atomic E-state index is 0.327. The maximum Gasteiger partial charge on any atom is 0.259 e. The summed E-state index contributed by atoms with van der Waals surface area (Å²) in [7, 11) is 1.48. The van der Waals surface area contributed by atoms with E-state index in [9.17, 15) is 4.79 Å². The van der Waals surface area contributed by atoms with E-state index in [1.54, 1.807) is 42.9 Å². The van der Waals surface area contributed by atoms with Crippen molar-refractivity contribution in [2.75, 3.05) is 12.4 Å². The van der Waals surface area contributed by atoms with Gasteiger partial charge in [-0.05, 0) is 24.3 Å². The molecule has 1 aromatic carbocycles. The molecule has 0 spiro atoms. The molecule has 0 aliphatic rings. The Morgan fingerprint density at radius 1 is 1.30 bits per heavy atom. The van der Waals surface area contributed by atoms with Gasteiger partial charge in [0, 0.05) is 17.4 Å². The quantitative estimate of drug-likeness (QED) is 0.795. The van der Waals surface area contributed by atoms with Crippen molar-refractivity contribution in [1.82, 2.24) is 19.7 Å². The summed E-state index contributed by atoms with van der Waals surface area (Å²) in [5.74, 6) is 0.484. The average molecular weight is 330 g/mol. The fourth-order valence-corrected chi connectivity index (χ4v) is 2.12. The number of anilines is 1. The molecule has 0 bridgehead atoms. The first-order valence-electron chi connectivity index (χ1n) is 6.64. The number of ether oxygens (including phenoxy) is 1. The third kappa shape index (κ3) is 3.29. The van der Waals surface area contributed by atoms with E-state index in [0.717, 1.165) is 0 Å². The number of aromatic nitrogens is 4. The second-order valence-electron chi connectivity index (χ2n) is 4.52. The van der Waals surface area contributed by atoms with Crippen molar-refractivity contribution in [2.24, 2.45) is 0 Å². The van der Waals surface area contributed by atoms with Crippen LogP contribution in [-0.4, -0.2) is 32.8 Å². The predicted molar refractivity (Wildman–Crippen MR) is 85.1 cm³/mol. The van der Waals surface area contributed by atoms with E-state index in [4.69, 9.17) is 16.3 Å². The van der Waals surface area contributed by atoms with E-state index >= 15 is 0 Å². The number of rotatable bonds is 4. The highest BCUT2D eigenvalue weighted by Gasteiger charge is 2.14. The molecule has 0 unspecified atom stereocenters. The van der Waals surface area contributed by atoms with Crippen molar-refractivity contribution < 1.29 is 9.53 Å². The summed E-state index contributed by atoms with van der Waals surface area (Å²) in [5.41, 5.74) is 0.889. The Morgan fingerprint density at radius 2 is 2.09 bits per heavy atom. The van der Waals surface area contributed by atoms with Crippen LogP contribution < -0.4 is 10.1 Å². The molecule has 0 atom stereocenters. The van der Waals surface area contributed by atoms with Crippen LogP contribution in [0.4, 0.5) is 5.69 Å². The Balaban J connectivity index is 1.80. The molecule has 7 nitrogen and oxygen atoms in total. The molecule has 1 N–H and O–H groups in total. The third-order valence-electron chi connectivity index (χ3n) is 3.01. The van der Waals surface area contributed by atoms with E-state index in [1.165, 1.54) is 18.0 Å². The van der Waals surface area contributed by atoms with Crippen LogP contribution >= 0.6 is 11.6 Å². The van der Waals surface area contributed by atoms with E-state index in [1.807, 2.05) is 0 Å². The molecule has 0 radical (unpaired) electrons. The molecular weight excluding hydrogens is 318 g/mol. The summed E-state index contributed by atoms with van der Waals surface area (Å²) in [5, 5.41) is 7.35. The van der Waals surface area contributed by atoms with E-state index < -0.39 is 0 Å². The highest BCUT2D eigenvalue weighted by molar-refractivity contribution is 6.31. The largest absolute Gasteiger partial charge is 0.496 e. The van der Waals surface area contributed by atoms with Crippen molar-refractivity contribution in [3.05, 3.63) is 59.6 Å². The van der Waals surface area contributed by atoms with Gasteiger partial charge in [-0.1, -0.05) is 11.6 Å². The molecular formula is C15H12ClN5O2. The Morgan fingerprint density at radius 3 is 2.83 bits per heavy atom. The molecule has 0 aliphatic carbocycles. The van der Waals surface area contributed by atoms with Gasteiger partial charge in [0.25, 0.3) is 5.91 Å². The maximum atomic E-state index is 12.3. The van der Waals surface area contributed by atoms with Crippen molar-refractivity contribution in [3.63, 3.8) is 0 Å². The van der Waals surface area contributed by atoms with Crippen LogP contribution in [0.1, 0.15) is 10.4 Å². The molecule has 0 fully saturated rings. The number of nitrogens with zero attached hydrogens (tertiary/aromatic N) is 4. The van der Waals surface area contributed by atoms with Gasteiger partial charge in [-0.25, -0.2) is 14.6 Å². The number of carbonyl (C=O) groups is 1. The van der Waals surface area contributed by atoms with Crippen LogP contribution in [0.3, 0.4) is 0 Å². The van der Waals surface area contributed by atoms with Crippen LogP contribution in [-0.2, 0) is 0 Å². The highest BCUT2D eigenvalue weighted by Crippen LogP contribution is 2.24. The standard InChI is InChI=1S/C15H12ClN5O2/c1-23-13-7-10(16)3-4-12(13)14(22)20-11-8-19-21(9-11)15-17-5-2-6-18-15/h2-9H,1H3,(H,20,22). The third-order valence-corrected chi connectivity index (χ3v) is 3.24. The van der Waals surface area contributed by atoms with Gasteiger partial charge >= 0.3 is 0 Å². The molecule has 2 heterocycles. The van der Waals surface area contributed by atoms with Gasteiger partial charge in [-0.15, -0.1) is 0 Å². The number of hydrogen-bond acceptors (Lipinski definition) is 5. The zero-order chi connectivity index (χ0) is 16.2. The summed E-state index contributed by atoms with van der Waals surface area (Å²) < 4.78 is 6.64. The highest BCUT2D eigenvalue weighted by atomic mass is 35.5. The summed E-state index contributed by atoms with van der Waals surface area (Å²) >= 11 is 5.89.